The standard InChI is InChI=1S/C24H20N4O3/c1-3-16(13-20(4-2)28-12-11-26-15-28)21-10-7-18(24(30)31)14-22(21)27-19-8-5-17(6-9-19)23(25)29/h1,4-15,27H,2H3,(H2,25,29)(H,30,31)/b16-13+,20-4+. The van der Waals surface area contributed by atoms with E-state index in [1.54, 1.807) is 49.1 Å². The first-order chi connectivity index (χ1) is 14.9. The quantitative estimate of drug-likeness (QED) is 0.401. The fourth-order valence-electron chi connectivity index (χ4n) is 2.95. The Morgan fingerprint density at radius 1 is 1.19 bits per heavy atom. The Hall–Kier alpha value is -4.57. The van der Waals surface area contributed by atoms with Crippen LogP contribution in [-0.2, 0) is 0 Å². The topological polar surface area (TPSA) is 110 Å². The molecule has 0 unspecified atom stereocenters. The van der Waals surface area contributed by atoms with Crippen LogP contribution in [0.15, 0.2) is 73.3 Å². The molecular weight excluding hydrogens is 392 g/mol. The Morgan fingerprint density at radius 3 is 2.45 bits per heavy atom. The highest BCUT2D eigenvalue weighted by atomic mass is 16.4. The first-order valence-electron chi connectivity index (χ1n) is 9.30. The minimum absolute atomic E-state index is 0.109. The summed E-state index contributed by atoms with van der Waals surface area (Å²) in [5.41, 5.74) is 8.92. The number of aromatic carboxylic acids is 1. The molecule has 1 amide bonds. The van der Waals surface area contributed by atoms with Gasteiger partial charge in [-0.3, -0.25) is 4.79 Å². The molecule has 7 nitrogen and oxygen atoms in total. The Bertz CT molecular complexity index is 1210. The summed E-state index contributed by atoms with van der Waals surface area (Å²) in [7, 11) is 0. The van der Waals surface area contributed by atoms with E-state index in [-0.39, 0.29) is 5.56 Å². The molecule has 0 saturated heterocycles. The zero-order chi connectivity index (χ0) is 22.4. The fraction of sp³-hybridized carbons (Fsp3) is 0.0417. The van der Waals surface area contributed by atoms with E-state index in [1.165, 1.54) is 12.1 Å². The zero-order valence-corrected chi connectivity index (χ0v) is 16.7. The van der Waals surface area contributed by atoms with Gasteiger partial charge in [-0.1, -0.05) is 18.1 Å². The molecule has 0 aliphatic heterocycles. The molecule has 0 radical (unpaired) electrons. The van der Waals surface area contributed by atoms with Crippen molar-refractivity contribution >= 4 is 34.5 Å². The third-order valence-corrected chi connectivity index (χ3v) is 4.55. The van der Waals surface area contributed by atoms with Crippen molar-refractivity contribution in [3.8, 4) is 12.3 Å². The van der Waals surface area contributed by atoms with Crippen molar-refractivity contribution in [2.45, 2.75) is 6.92 Å². The van der Waals surface area contributed by atoms with Gasteiger partial charge in [0.05, 0.1) is 11.9 Å². The van der Waals surface area contributed by atoms with Gasteiger partial charge in [0.25, 0.3) is 0 Å². The van der Waals surface area contributed by atoms with Gasteiger partial charge in [0, 0.05) is 46.2 Å². The molecule has 0 atom stereocenters. The number of carboxylic acids is 1. The molecule has 0 spiro atoms. The van der Waals surface area contributed by atoms with E-state index < -0.39 is 11.9 Å². The number of amides is 1. The smallest absolute Gasteiger partial charge is 0.335 e. The highest BCUT2D eigenvalue weighted by molar-refractivity contribution is 5.96. The third-order valence-electron chi connectivity index (χ3n) is 4.55. The van der Waals surface area contributed by atoms with Crippen molar-refractivity contribution in [1.82, 2.24) is 9.55 Å². The summed E-state index contributed by atoms with van der Waals surface area (Å²) < 4.78 is 1.82. The first-order valence-corrected chi connectivity index (χ1v) is 9.30. The van der Waals surface area contributed by atoms with Gasteiger partial charge in [0.1, 0.15) is 0 Å². The summed E-state index contributed by atoms with van der Waals surface area (Å²) in [5.74, 6) is 1.09. The molecule has 0 aliphatic carbocycles. The Balaban J connectivity index is 2.06. The molecule has 2 aromatic carbocycles. The number of imidazole rings is 1. The second-order valence-corrected chi connectivity index (χ2v) is 6.52. The van der Waals surface area contributed by atoms with E-state index in [2.05, 4.69) is 16.2 Å². The highest BCUT2D eigenvalue weighted by Crippen LogP contribution is 2.30. The molecule has 1 heterocycles. The number of hydrogen-bond acceptors (Lipinski definition) is 4. The number of anilines is 2. The van der Waals surface area contributed by atoms with Crippen LogP contribution in [0.25, 0.3) is 11.3 Å². The molecule has 154 valence electrons. The van der Waals surface area contributed by atoms with Crippen molar-refractivity contribution in [2.24, 2.45) is 5.73 Å². The Labute approximate surface area is 179 Å². The Morgan fingerprint density at radius 2 is 1.90 bits per heavy atom. The van der Waals surface area contributed by atoms with E-state index in [9.17, 15) is 14.7 Å². The lowest BCUT2D eigenvalue weighted by atomic mass is 10.00. The van der Waals surface area contributed by atoms with Crippen LogP contribution >= 0.6 is 0 Å². The van der Waals surface area contributed by atoms with Crippen molar-refractivity contribution in [2.75, 3.05) is 5.32 Å². The molecule has 7 heteroatoms. The van der Waals surface area contributed by atoms with Gasteiger partial charge in [-0.15, -0.1) is 6.42 Å². The predicted octanol–water partition coefficient (Wildman–Crippen LogP) is 4.00. The fourth-order valence-corrected chi connectivity index (χ4v) is 2.95. The molecule has 31 heavy (non-hydrogen) atoms. The van der Waals surface area contributed by atoms with Crippen molar-refractivity contribution < 1.29 is 14.7 Å². The maximum Gasteiger partial charge on any atom is 0.335 e. The van der Waals surface area contributed by atoms with Crippen molar-refractivity contribution in [1.29, 1.82) is 0 Å². The predicted molar refractivity (Wildman–Crippen MR) is 121 cm³/mol. The number of nitrogens with one attached hydrogen (secondary N) is 1. The van der Waals surface area contributed by atoms with E-state index in [4.69, 9.17) is 12.2 Å². The number of terminal acetylenes is 1. The number of carbonyl (C=O) groups is 2. The number of aromatic nitrogens is 2. The molecule has 4 N–H and O–H groups in total. The van der Waals surface area contributed by atoms with Gasteiger partial charge < -0.3 is 20.7 Å². The van der Waals surface area contributed by atoms with E-state index in [0.29, 0.717) is 28.1 Å². The molecule has 0 fully saturated rings. The lowest BCUT2D eigenvalue weighted by molar-refractivity contribution is 0.0696. The van der Waals surface area contributed by atoms with Crippen molar-refractivity contribution in [3.63, 3.8) is 0 Å². The van der Waals surface area contributed by atoms with Crippen LogP contribution in [0.4, 0.5) is 11.4 Å². The SMILES string of the molecule is C#C/C(=C\C(=C/C)n1ccnc1)c1ccc(C(=O)O)cc1Nc1ccc(C(N)=O)cc1. The third kappa shape index (κ3) is 4.89. The monoisotopic (exact) mass is 412 g/mol. The summed E-state index contributed by atoms with van der Waals surface area (Å²) >= 11 is 0. The summed E-state index contributed by atoms with van der Waals surface area (Å²) in [6, 6.07) is 11.2. The maximum atomic E-state index is 11.5. The molecule has 0 bridgehead atoms. The average molecular weight is 412 g/mol. The highest BCUT2D eigenvalue weighted by Gasteiger charge is 2.13. The van der Waals surface area contributed by atoms with E-state index in [0.717, 1.165) is 5.70 Å². The lowest BCUT2D eigenvalue weighted by Crippen LogP contribution is -2.10. The number of benzene rings is 2. The molecule has 0 saturated carbocycles. The molecule has 1 aromatic heterocycles. The average Bonchev–Trinajstić information content (AvgIpc) is 3.30. The minimum Gasteiger partial charge on any atom is -0.478 e. The van der Waals surface area contributed by atoms with Gasteiger partial charge >= 0.3 is 5.97 Å². The Kier molecular flexibility index (Phi) is 6.33. The van der Waals surface area contributed by atoms with Crippen LogP contribution in [0.1, 0.15) is 33.2 Å². The van der Waals surface area contributed by atoms with Gasteiger partial charge in [0.15, 0.2) is 0 Å². The number of allylic oxidation sites excluding steroid dienone is 4. The van der Waals surface area contributed by atoms with E-state index in [1.807, 2.05) is 23.6 Å². The second kappa shape index (κ2) is 9.29. The van der Waals surface area contributed by atoms with Crippen molar-refractivity contribution in [3.05, 3.63) is 90.0 Å². The van der Waals surface area contributed by atoms with Gasteiger partial charge in [-0.05, 0) is 49.4 Å². The number of carbonyl (C=O) groups excluding carboxylic acids is 1. The number of nitrogens with zero attached hydrogens (tertiary/aromatic N) is 2. The normalized spacial score (nSPS) is 11.6. The molecule has 3 rings (SSSR count). The summed E-state index contributed by atoms with van der Waals surface area (Å²) in [6.45, 7) is 1.88. The van der Waals surface area contributed by atoms with Gasteiger partial charge in [-0.2, -0.15) is 0 Å². The maximum absolute atomic E-state index is 11.5. The van der Waals surface area contributed by atoms with Crippen LogP contribution in [0.3, 0.4) is 0 Å². The molecule has 3 aromatic rings. The largest absolute Gasteiger partial charge is 0.478 e. The van der Waals surface area contributed by atoms with Gasteiger partial charge in [-0.25, -0.2) is 9.78 Å². The van der Waals surface area contributed by atoms with Crippen LogP contribution < -0.4 is 11.1 Å². The van der Waals surface area contributed by atoms with Crippen LogP contribution in [0.5, 0.6) is 0 Å². The summed E-state index contributed by atoms with van der Waals surface area (Å²) in [5, 5.41) is 12.6. The summed E-state index contributed by atoms with van der Waals surface area (Å²) in [4.78, 5) is 26.8. The lowest BCUT2D eigenvalue weighted by Gasteiger charge is -2.14. The number of nitrogens with two attached hydrogens (primary N) is 1. The second-order valence-electron chi connectivity index (χ2n) is 6.52. The number of rotatable bonds is 7. The first kappa shape index (κ1) is 21.1. The van der Waals surface area contributed by atoms with Crippen LogP contribution in [0, 0.1) is 12.3 Å². The van der Waals surface area contributed by atoms with Crippen LogP contribution in [0.2, 0.25) is 0 Å². The number of hydrogen-bond donors (Lipinski definition) is 3. The minimum atomic E-state index is -1.06. The molecule has 0 aliphatic rings. The molecular formula is C24H20N4O3. The number of carboxylic acid groups (broad SMARTS) is 1. The van der Waals surface area contributed by atoms with Crippen LogP contribution in [-0.4, -0.2) is 26.5 Å². The summed E-state index contributed by atoms with van der Waals surface area (Å²) in [6.07, 6.45) is 14.6. The van der Waals surface area contributed by atoms with Gasteiger partial charge in [0.2, 0.25) is 5.91 Å². The number of primary amides is 1. The zero-order valence-electron chi connectivity index (χ0n) is 16.7. The van der Waals surface area contributed by atoms with E-state index >= 15 is 0 Å².